The summed E-state index contributed by atoms with van der Waals surface area (Å²) in [6, 6.07) is 13.3. The molecule has 1 aliphatic rings. The van der Waals surface area contributed by atoms with Crippen molar-refractivity contribution in [2.75, 3.05) is 5.73 Å². The lowest BCUT2D eigenvalue weighted by Crippen LogP contribution is -1.87. The fourth-order valence-corrected chi connectivity index (χ4v) is 3.27. The summed E-state index contributed by atoms with van der Waals surface area (Å²) in [5.74, 6) is 0. The second kappa shape index (κ2) is 2.94. The fourth-order valence-electron chi connectivity index (χ4n) is 1.89. The Morgan fingerprint density at radius 3 is 2.53 bits per heavy atom. The van der Waals surface area contributed by atoms with Crippen LogP contribution in [0.4, 0.5) is 5.69 Å². The molecule has 1 heterocycles. The predicted molar refractivity (Wildman–Crippen MR) is 61.0 cm³/mol. The van der Waals surface area contributed by atoms with Gasteiger partial charge in [0.1, 0.15) is 0 Å². The molecule has 3 heteroatoms. The highest BCUT2D eigenvalue weighted by Gasteiger charge is 2.24. The standard InChI is InChI=1S/C12H9NOS/c13-8-5-6-12-10(7-8)9-3-1-2-4-11(9)15(12)14/h1-7H,13H2. The third-order valence-corrected chi connectivity index (χ3v) is 4.09. The smallest absolute Gasteiger partial charge is 0.0862 e. The van der Waals surface area contributed by atoms with E-state index in [0.717, 1.165) is 20.9 Å². The molecule has 0 bridgehead atoms. The van der Waals surface area contributed by atoms with Gasteiger partial charge in [-0.1, -0.05) is 18.2 Å². The van der Waals surface area contributed by atoms with Crippen LogP contribution in [0, 0.1) is 0 Å². The first kappa shape index (κ1) is 8.68. The van der Waals surface area contributed by atoms with Crippen LogP contribution in [0.3, 0.4) is 0 Å². The van der Waals surface area contributed by atoms with E-state index in [0.29, 0.717) is 5.69 Å². The van der Waals surface area contributed by atoms with Crippen molar-refractivity contribution in [1.82, 2.24) is 0 Å². The second-order valence-corrected chi connectivity index (χ2v) is 4.94. The number of nitrogens with two attached hydrogens (primary N) is 1. The minimum Gasteiger partial charge on any atom is -0.399 e. The maximum absolute atomic E-state index is 12.1. The van der Waals surface area contributed by atoms with Crippen molar-refractivity contribution in [2.24, 2.45) is 0 Å². The first-order chi connectivity index (χ1) is 7.27. The summed E-state index contributed by atoms with van der Waals surface area (Å²) in [7, 11) is -1.04. The molecule has 2 aromatic rings. The number of benzene rings is 2. The van der Waals surface area contributed by atoms with E-state index in [1.807, 2.05) is 36.4 Å². The minimum atomic E-state index is -1.04. The van der Waals surface area contributed by atoms with Gasteiger partial charge in [0.2, 0.25) is 0 Å². The van der Waals surface area contributed by atoms with Gasteiger partial charge in [0.15, 0.2) is 0 Å². The monoisotopic (exact) mass is 215 g/mol. The zero-order valence-corrected chi connectivity index (χ0v) is 8.75. The average molecular weight is 215 g/mol. The van der Waals surface area contributed by atoms with Crippen molar-refractivity contribution >= 4 is 16.5 Å². The molecule has 0 aliphatic carbocycles. The lowest BCUT2D eigenvalue weighted by atomic mass is 10.1. The van der Waals surface area contributed by atoms with Crippen molar-refractivity contribution in [3.05, 3.63) is 42.5 Å². The predicted octanol–water partition coefficient (Wildman–Crippen LogP) is 2.42. The summed E-state index contributed by atoms with van der Waals surface area (Å²) in [4.78, 5) is 1.75. The quantitative estimate of drug-likeness (QED) is 0.585. The topological polar surface area (TPSA) is 43.1 Å². The van der Waals surface area contributed by atoms with E-state index < -0.39 is 10.8 Å². The Hall–Kier alpha value is -1.61. The van der Waals surface area contributed by atoms with Crippen LogP contribution in [-0.4, -0.2) is 4.21 Å². The van der Waals surface area contributed by atoms with Crippen molar-refractivity contribution in [1.29, 1.82) is 0 Å². The van der Waals surface area contributed by atoms with Crippen molar-refractivity contribution in [3.8, 4) is 11.1 Å². The van der Waals surface area contributed by atoms with Crippen LogP contribution in [0.15, 0.2) is 52.3 Å². The molecule has 2 aromatic carbocycles. The average Bonchev–Trinajstić information content (AvgIpc) is 2.54. The van der Waals surface area contributed by atoms with Crippen LogP contribution in [0.2, 0.25) is 0 Å². The van der Waals surface area contributed by atoms with E-state index in [1.54, 1.807) is 6.07 Å². The molecule has 1 aliphatic heterocycles. The molecular weight excluding hydrogens is 206 g/mol. The molecule has 0 amide bonds. The summed E-state index contributed by atoms with van der Waals surface area (Å²) < 4.78 is 12.1. The molecule has 0 radical (unpaired) electrons. The first-order valence-corrected chi connectivity index (χ1v) is 5.83. The van der Waals surface area contributed by atoms with E-state index in [1.165, 1.54) is 0 Å². The van der Waals surface area contributed by atoms with Crippen LogP contribution >= 0.6 is 0 Å². The Bertz CT molecular complexity index is 578. The zero-order chi connectivity index (χ0) is 10.4. The van der Waals surface area contributed by atoms with Crippen molar-refractivity contribution in [2.45, 2.75) is 9.79 Å². The maximum atomic E-state index is 12.1. The molecule has 2 nitrogen and oxygen atoms in total. The van der Waals surface area contributed by atoms with Crippen molar-refractivity contribution in [3.63, 3.8) is 0 Å². The molecule has 1 atom stereocenters. The molecule has 15 heavy (non-hydrogen) atoms. The number of nitrogen functional groups attached to an aromatic ring is 1. The SMILES string of the molecule is Nc1ccc2c(c1)-c1ccccc1S2=O. The molecule has 2 N–H and O–H groups in total. The van der Waals surface area contributed by atoms with Crippen LogP contribution in [-0.2, 0) is 10.8 Å². The normalized spacial score (nSPS) is 17.2. The summed E-state index contributed by atoms with van der Waals surface area (Å²) in [6.45, 7) is 0. The fraction of sp³-hybridized carbons (Fsp3) is 0. The molecule has 0 spiro atoms. The Morgan fingerprint density at radius 2 is 1.67 bits per heavy atom. The Kier molecular flexibility index (Phi) is 1.70. The summed E-state index contributed by atoms with van der Waals surface area (Å²) in [5.41, 5.74) is 8.49. The number of hydrogen-bond donors (Lipinski definition) is 1. The van der Waals surface area contributed by atoms with E-state index in [2.05, 4.69) is 0 Å². The van der Waals surface area contributed by atoms with Gasteiger partial charge < -0.3 is 5.73 Å². The molecule has 74 valence electrons. The third kappa shape index (κ3) is 1.13. The zero-order valence-electron chi connectivity index (χ0n) is 7.94. The van der Waals surface area contributed by atoms with E-state index in [4.69, 9.17) is 5.73 Å². The molecule has 1 unspecified atom stereocenters. The third-order valence-electron chi connectivity index (χ3n) is 2.58. The highest BCUT2D eigenvalue weighted by Crippen LogP contribution is 2.40. The highest BCUT2D eigenvalue weighted by molar-refractivity contribution is 7.85. The van der Waals surface area contributed by atoms with Gasteiger partial charge in [0.05, 0.1) is 20.6 Å². The maximum Gasteiger partial charge on any atom is 0.0862 e. The van der Waals surface area contributed by atoms with Gasteiger partial charge in [0.25, 0.3) is 0 Å². The number of fused-ring (bicyclic) bond motifs is 3. The van der Waals surface area contributed by atoms with Crippen LogP contribution in [0.25, 0.3) is 11.1 Å². The second-order valence-electron chi connectivity index (χ2n) is 3.52. The van der Waals surface area contributed by atoms with Gasteiger partial charge in [-0.2, -0.15) is 0 Å². The van der Waals surface area contributed by atoms with Gasteiger partial charge in [0, 0.05) is 11.3 Å². The number of anilines is 1. The van der Waals surface area contributed by atoms with E-state index in [9.17, 15) is 4.21 Å². The van der Waals surface area contributed by atoms with Gasteiger partial charge in [-0.15, -0.1) is 0 Å². The molecule has 0 saturated heterocycles. The van der Waals surface area contributed by atoms with Gasteiger partial charge in [-0.05, 0) is 29.8 Å². The van der Waals surface area contributed by atoms with Gasteiger partial charge >= 0.3 is 0 Å². The van der Waals surface area contributed by atoms with Gasteiger partial charge in [-0.25, -0.2) is 4.21 Å². The van der Waals surface area contributed by atoms with Crippen LogP contribution in [0.5, 0.6) is 0 Å². The molecule has 0 aromatic heterocycles. The van der Waals surface area contributed by atoms with E-state index in [-0.39, 0.29) is 0 Å². The molecular formula is C12H9NOS. The molecule has 0 fully saturated rings. The number of rotatable bonds is 0. The Balaban J connectivity index is 2.39. The minimum absolute atomic E-state index is 0.711. The Labute approximate surface area is 90.2 Å². The number of hydrogen-bond acceptors (Lipinski definition) is 2. The van der Waals surface area contributed by atoms with E-state index >= 15 is 0 Å². The lowest BCUT2D eigenvalue weighted by Gasteiger charge is -1.99. The lowest BCUT2D eigenvalue weighted by molar-refractivity contribution is 0.685. The highest BCUT2D eigenvalue weighted by atomic mass is 32.2. The first-order valence-electron chi connectivity index (χ1n) is 4.68. The summed E-state index contributed by atoms with van der Waals surface area (Å²) in [6.07, 6.45) is 0. The molecule has 0 saturated carbocycles. The summed E-state index contributed by atoms with van der Waals surface area (Å²) in [5, 5.41) is 0. The Morgan fingerprint density at radius 1 is 0.933 bits per heavy atom. The van der Waals surface area contributed by atoms with Crippen LogP contribution < -0.4 is 5.73 Å². The largest absolute Gasteiger partial charge is 0.399 e. The van der Waals surface area contributed by atoms with Crippen LogP contribution in [0.1, 0.15) is 0 Å². The van der Waals surface area contributed by atoms with Crippen molar-refractivity contribution < 1.29 is 4.21 Å². The summed E-state index contributed by atoms with van der Waals surface area (Å²) >= 11 is 0. The molecule has 3 rings (SSSR count). The van der Waals surface area contributed by atoms with Gasteiger partial charge in [-0.3, -0.25) is 0 Å².